The van der Waals surface area contributed by atoms with Gasteiger partial charge in [-0.25, -0.2) is 9.18 Å². The zero-order chi connectivity index (χ0) is 24.8. The first-order valence-corrected chi connectivity index (χ1v) is 11.5. The van der Waals surface area contributed by atoms with Gasteiger partial charge in [0.25, 0.3) is 0 Å². The van der Waals surface area contributed by atoms with Gasteiger partial charge in [-0.15, -0.1) is 0 Å². The molecule has 1 amide bonds. The van der Waals surface area contributed by atoms with E-state index in [-0.39, 0.29) is 23.4 Å². The van der Waals surface area contributed by atoms with Gasteiger partial charge in [-0.1, -0.05) is 65.7 Å². The van der Waals surface area contributed by atoms with Crippen LogP contribution in [0.2, 0.25) is 0 Å². The lowest BCUT2D eigenvalue weighted by Gasteiger charge is -2.13. The third-order valence-electron chi connectivity index (χ3n) is 4.41. The van der Waals surface area contributed by atoms with Crippen molar-refractivity contribution in [2.75, 3.05) is 5.32 Å². The Bertz CT molecular complexity index is 988. The highest BCUT2D eigenvalue weighted by atomic mass is 79.9. The molecule has 0 saturated carbocycles. The van der Waals surface area contributed by atoms with Gasteiger partial charge in [-0.2, -0.15) is 0 Å². The average molecular weight is 520 g/mol. The number of carboxylic acids is 1. The summed E-state index contributed by atoms with van der Waals surface area (Å²) in [6.07, 6.45) is 8.40. The highest BCUT2D eigenvalue weighted by Gasteiger charge is 2.11. The topological polar surface area (TPSA) is 75.6 Å². The largest absolute Gasteiger partial charge is 0.478 e. The normalized spacial score (nSPS) is 14.5. The minimum Gasteiger partial charge on any atom is -0.478 e. The quantitative estimate of drug-likeness (QED) is 0.440. The molecule has 178 valence electrons. The number of nitrogens with one attached hydrogen (secondary N) is 1. The standard InChI is InChI=1S/C15H17FO.C9H8BrNO3.C2H6/c1-12-4-2-7-15(9-8-12)17-11-13-5-3-6-14(16)10-13;1-5(12)11-8-3-2-6(10)4-7(8)9(13)14;1-2/h2-7,10,15H,8-9,11H2,1H3;2-4H,1H3,(H,11,12)(H,13,14);1-2H3. The molecule has 2 aromatic carbocycles. The first-order valence-electron chi connectivity index (χ1n) is 10.7. The molecule has 33 heavy (non-hydrogen) atoms. The summed E-state index contributed by atoms with van der Waals surface area (Å²) in [5, 5.41) is 11.3. The number of carbonyl (C=O) groups excluding carboxylic acids is 1. The second-order valence-electron chi connectivity index (χ2n) is 7.09. The maximum atomic E-state index is 13.0. The molecule has 0 heterocycles. The van der Waals surface area contributed by atoms with Gasteiger partial charge in [0.05, 0.1) is 24.0 Å². The van der Waals surface area contributed by atoms with Crippen LogP contribution in [0.3, 0.4) is 0 Å². The number of ether oxygens (including phenoxy) is 1. The maximum Gasteiger partial charge on any atom is 0.337 e. The second kappa shape index (κ2) is 15.1. The molecule has 1 unspecified atom stereocenters. The van der Waals surface area contributed by atoms with E-state index in [0.29, 0.717) is 16.8 Å². The minimum absolute atomic E-state index is 0.0644. The number of carbonyl (C=O) groups is 2. The number of hydrogen-bond donors (Lipinski definition) is 2. The van der Waals surface area contributed by atoms with Crippen molar-refractivity contribution in [1.29, 1.82) is 0 Å². The molecule has 1 aliphatic rings. The number of anilines is 1. The lowest BCUT2D eigenvalue weighted by molar-refractivity contribution is -0.114. The van der Waals surface area contributed by atoms with Gasteiger partial charge in [-0.05, 0) is 55.7 Å². The van der Waals surface area contributed by atoms with E-state index in [2.05, 4.69) is 40.3 Å². The summed E-state index contributed by atoms with van der Waals surface area (Å²) < 4.78 is 19.4. The monoisotopic (exact) mass is 519 g/mol. The van der Waals surface area contributed by atoms with Gasteiger partial charge in [-0.3, -0.25) is 4.79 Å². The molecule has 0 bridgehead atoms. The van der Waals surface area contributed by atoms with Gasteiger partial charge in [0, 0.05) is 11.4 Å². The van der Waals surface area contributed by atoms with E-state index in [4.69, 9.17) is 9.84 Å². The van der Waals surface area contributed by atoms with E-state index in [1.807, 2.05) is 26.0 Å². The first-order chi connectivity index (χ1) is 15.7. The van der Waals surface area contributed by atoms with Crippen molar-refractivity contribution < 1.29 is 23.8 Å². The fourth-order valence-electron chi connectivity index (χ4n) is 2.85. The molecule has 5 nitrogen and oxygen atoms in total. The number of hydrogen-bond acceptors (Lipinski definition) is 3. The van der Waals surface area contributed by atoms with Crippen molar-refractivity contribution in [2.45, 2.75) is 53.2 Å². The van der Waals surface area contributed by atoms with Crippen molar-refractivity contribution in [2.24, 2.45) is 0 Å². The summed E-state index contributed by atoms with van der Waals surface area (Å²) in [6, 6.07) is 11.2. The van der Waals surface area contributed by atoms with Crippen LogP contribution in [0.5, 0.6) is 0 Å². The van der Waals surface area contributed by atoms with Crippen LogP contribution in [0.4, 0.5) is 10.1 Å². The van der Waals surface area contributed by atoms with Crippen LogP contribution in [0.1, 0.15) is 56.5 Å². The van der Waals surface area contributed by atoms with Crippen molar-refractivity contribution in [3.8, 4) is 0 Å². The third kappa shape index (κ3) is 11.1. The first kappa shape index (κ1) is 28.3. The number of halogens is 2. The van der Waals surface area contributed by atoms with E-state index in [1.54, 1.807) is 12.1 Å². The Morgan fingerprint density at radius 1 is 1.21 bits per heavy atom. The molecule has 1 aliphatic carbocycles. The van der Waals surface area contributed by atoms with Crippen molar-refractivity contribution in [3.05, 3.63) is 87.7 Å². The Morgan fingerprint density at radius 3 is 2.58 bits per heavy atom. The van der Waals surface area contributed by atoms with Crippen LogP contribution in [-0.4, -0.2) is 23.1 Å². The fraction of sp³-hybridized carbons (Fsp3) is 0.308. The van der Waals surface area contributed by atoms with E-state index >= 15 is 0 Å². The molecule has 0 radical (unpaired) electrons. The van der Waals surface area contributed by atoms with Crippen LogP contribution < -0.4 is 5.32 Å². The number of aromatic carboxylic acids is 1. The zero-order valence-electron chi connectivity index (χ0n) is 19.4. The van der Waals surface area contributed by atoms with Crippen LogP contribution in [0.15, 0.2) is 70.7 Å². The van der Waals surface area contributed by atoms with Crippen LogP contribution in [0, 0.1) is 5.82 Å². The summed E-state index contributed by atoms with van der Waals surface area (Å²) in [6.45, 7) is 7.92. The van der Waals surface area contributed by atoms with Gasteiger partial charge >= 0.3 is 5.97 Å². The Hall–Kier alpha value is -2.77. The van der Waals surface area contributed by atoms with E-state index in [0.717, 1.165) is 18.4 Å². The fourth-order valence-corrected chi connectivity index (χ4v) is 3.22. The lowest BCUT2D eigenvalue weighted by Crippen LogP contribution is -2.10. The average Bonchev–Trinajstić information content (AvgIpc) is 2.99. The van der Waals surface area contributed by atoms with Gasteiger partial charge in [0.1, 0.15) is 5.82 Å². The maximum absolute atomic E-state index is 13.0. The van der Waals surface area contributed by atoms with Crippen LogP contribution in [-0.2, 0) is 16.1 Å². The Morgan fingerprint density at radius 2 is 1.94 bits per heavy atom. The predicted molar refractivity (Wildman–Crippen MR) is 134 cm³/mol. The summed E-state index contributed by atoms with van der Waals surface area (Å²) in [5.74, 6) is -1.58. The van der Waals surface area contributed by atoms with Crippen molar-refractivity contribution >= 4 is 33.5 Å². The summed E-state index contributed by atoms with van der Waals surface area (Å²) in [7, 11) is 0. The third-order valence-corrected chi connectivity index (χ3v) is 4.90. The molecule has 3 rings (SSSR count). The summed E-state index contributed by atoms with van der Waals surface area (Å²) in [5.41, 5.74) is 2.62. The number of amides is 1. The number of benzene rings is 2. The van der Waals surface area contributed by atoms with E-state index < -0.39 is 5.97 Å². The molecule has 2 aromatic rings. The second-order valence-corrected chi connectivity index (χ2v) is 8.01. The van der Waals surface area contributed by atoms with Crippen molar-refractivity contribution in [3.63, 3.8) is 0 Å². The highest BCUT2D eigenvalue weighted by Crippen LogP contribution is 2.21. The van der Waals surface area contributed by atoms with Gasteiger partial charge in [0.15, 0.2) is 0 Å². The molecule has 0 saturated heterocycles. The summed E-state index contributed by atoms with van der Waals surface area (Å²) >= 11 is 3.15. The molecule has 0 aromatic heterocycles. The molecule has 0 aliphatic heterocycles. The zero-order valence-corrected chi connectivity index (χ0v) is 21.0. The van der Waals surface area contributed by atoms with E-state index in [9.17, 15) is 14.0 Å². The van der Waals surface area contributed by atoms with Gasteiger partial charge in [0.2, 0.25) is 5.91 Å². The molecular formula is C26H31BrFNO4. The Balaban J connectivity index is 0.000000313. The Kier molecular flexibility index (Phi) is 13.0. The number of rotatable bonds is 5. The molecule has 1 atom stereocenters. The number of allylic oxidation sites excluding steroid dienone is 3. The minimum atomic E-state index is -1.07. The molecule has 2 N–H and O–H groups in total. The van der Waals surface area contributed by atoms with Crippen LogP contribution in [0.25, 0.3) is 0 Å². The molecular weight excluding hydrogens is 489 g/mol. The van der Waals surface area contributed by atoms with Crippen molar-refractivity contribution in [1.82, 2.24) is 0 Å². The predicted octanol–water partition coefficient (Wildman–Crippen LogP) is 7.14. The van der Waals surface area contributed by atoms with E-state index in [1.165, 1.54) is 36.8 Å². The molecule has 0 spiro atoms. The Labute approximate surface area is 203 Å². The highest BCUT2D eigenvalue weighted by molar-refractivity contribution is 9.10. The summed E-state index contributed by atoms with van der Waals surface area (Å²) in [4.78, 5) is 21.5. The van der Waals surface area contributed by atoms with Gasteiger partial charge < -0.3 is 15.2 Å². The number of carboxylic acid groups (broad SMARTS) is 1. The SMILES string of the molecule is CC.CC(=O)Nc1ccc(Br)cc1C(=O)O.CC1=CC=CC(OCc2cccc(F)c2)CC1. The smallest absolute Gasteiger partial charge is 0.337 e. The molecule has 0 fully saturated rings. The molecule has 7 heteroatoms. The lowest BCUT2D eigenvalue weighted by atomic mass is 10.1. The van der Waals surface area contributed by atoms with Crippen LogP contribution >= 0.6 is 15.9 Å².